The molecule has 0 heterocycles. The molecule has 0 radical (unpaired) electrons. The number of alkyl halides is 1. The summed E-state index contributed by atoms with van der Waals surface area (Å²) in [6.07, 6.45) is 0. The molecule has 0 amide bonds. The first-order chi connectivity index (χ1) is 1.41. The van der Waals surface area contributed by atoms with Crippen LogP contribution in [0, 0.1) is 0 Å². The fraction of sp³-hybridized carbons (Fsp3) is 1.00. The van der Waals surface area contributed by atoms with Crippen molar-refractivity contribution in [1.29, 1.82) is 0 Å². The van der Waals surface area contributed by atoms with Gasteiger partial charge in [0.15, 0.2) is 0 Å². The molecule has 3 heteroatoms. The molecule has 0 spiro atoms. The van der Waals surface area contributed by atoms with Crippen molar-refractivity contribution in [2.75, 3.05) is 6.07 Å². The molecule has 0 bridgehead atoms. The van der Waals surface area contributed by atoms with E-state index in [0.29, 0.717) is 0 Å². The molecule has 1 N–H and O–H groups in total. The zero-order valence-electron chi connectivity index (χ0n) is 1.53. The third-order valence-electron chi connectivity index (χ3n) is 0. The summed E-state index contributed by atoms with van der Waals surface area (Å²) in [5.41, 5.74) is 0. The van der Waals surface area contributed by atoms with Crippen LogP contribution in [0.2, 0.25) is 0 Å². The van der Waals surface area contributed by atoms with Crippen LogP contribution in [-0.4, -0.2) is 30.0 Å². The molecule has 1 nitrogen and oxygen atoms in total. The predicted molar refractivity (Wildman–Crippen MR) is 20.1 cm³/mol. The minimum absolute atomic E-state index is 0. The molecule has 0 saturated carbocycles. The SMILES string of the molecule is OCCl.[LiH]. The van der Waals surface area contributed by atoms with Crippen LogP contribution >= 0.6 is 11.6 Å². The predicted octanol–water partition coefficient (Wildman–Crippen LogP) is -0.474. The van der Waals surface area contributed by atoms with Crippen molar-refractivity contribution >= 4 is 30.5 Å². The first-order valence-corrected chi connectivity index (χ1v) is 1.12. The van der Waals surface area contributed by atoms with E-state index in [2.05, 4.69) is 11.6 Å². The van der Waals surface area contributed by atoms with Crippen molar-refractivity contribution in [3.05, 3.63) is 0 Å². The quantitative estimate of drug-likeness (QED) is 0.304. The zero-order chi connectivity index (χ0) is 2.71. The van der Waals surface area contributed by atoms with Gasteiger partial charge in [-0.2, -0.15) is 0 Å². The molecule has 0 aromatic rings. The van der Waals surface area contributed by atoms with Crippen LogP contribution in [0.1, 0.15) is 0 Å². The Balaban J connectivity index is 0. The van der Waals surface area contributed by atoms with Gasteiger partial charge in [0.05, 0.1) is 0 Å². The van der Waals surface area contributed by atoms with E-state index in [0.717, 1.165) is 0 Å². The summed E-state index contributed by atoms with van der Waals surface area (Å²) < 4.78 is 0. The van der Waals surface area contributed by atoms with Crippen LogP contribution in [0.15, 0.2) is 0 Å². The van der Waals surface area contributed by atoms with E-state index in [1.165, 1.54) is 0 Å². The van der Waals surface area contributed by atoms with Gasteiger partial charge < -0.3 is 5.11 Å². The average molecular weight is 74.4 g/mol. The summed E-state index contributed by atoms with van der Waals surface area (Å²) in [4.78, 5) is 0. The number of hydrogen-bond acceptors (Lipinski definition) is 1. The number of aliphatic hydroxyl groups excluding tert-OH is 1. The molecule has 4 heavy (non-hydrogen) atoms. The van der Waals surface area contributed by atoms with Gasteiger partial charge in [-0.1, -0.05) is 11.6 Å². The van der Waals surface area contributed by atoms with Gasteiger partial charge in [0, 0.05) is 0 Å². The van der Waals surface area contributed by atoms with Crippen LogP contribution in [0.4, 0.5) is 0 Å². The molecule has 0 saturated heterocycles. The van der Waals surface area contributed by atoms with Gasteiger partial charge in [-0.05, 0) is 0 Å². The van der Waals surface area contributed by atoms with Gasteiger partial charge in [-0.3, -0.25) is 0 Å². The summed E-state index contributed by atoms with van der Waals surface area (Å²) in [6.45, 7) is 0. The minimum atomic E-state index is -0.278. The van der Waals surface area contributed by atoms with E-state index in [1.54, 1.807) is 0 Å². The molecule has 0 aromatic carbocycles. The Bertz CT molecular complexity index is 8.00. The van der Waals surface area contributed by atoms with Crippen LogP contribution in [0.25, 0.3) is 0 Å². The van der Waals surface area contributed by atoms with E-state index < -0.39 is 0 Å². The normalized spacial score (nSPS) is 4.50. The molecule has 0 aromatic heterocycles. The number of aliphatic hydroxyl groups is 1. The maximum absolute atomic E-state index is 7.33. The van der Waals surface area contributed by atoms with Gasteiger partial charge in [0.1, 0.15) is 6.07 Å². The number of hydrogen-bond donors (Lipinski definition) is 1. The van der Waals surface area contributed by atoms with E-state index >= 15 is 0 Å². The van der Waals surface area contributed by atoms with Crippen LogP contribution < -0.4 is 0 Å². The molecule has 0 unspecified atom stereocenters. The van der Waals surface area contributed by atoms with Crippen molar-refractivity contribution in [1.82, 2.24) is 0 Å². The van der Waals surface area contributed by atoms with Gasteiger partial charge in [0.2, 0.25) is 0 Å². The Kier molecular flexibility index (Phi) is 20.2. The van der Waals surface area contributed by atoms with Gasteiger partial charge >= 0.3 is 18.9 Å². The second-order valence-electron chi connectivity index (χ2n) is 0.120. The Morgan fingerprint density at radius 2 is 1.75 bits per heavy atom. The summed E-state index contributed by atoms with van der Waals surface area (Å²) >= 11 is 4.55. The van der Waals surface area contributed by atoms with Crippen molar-refractivity contribution < 1.29 is 5.11 Å². The maximum atomic E-state index is 7.33. The molecule has 0 aliphatic rings. The monoisotopic (exact) mass is 74.0 g/mol. The second-order valence-corrected chi connectivity index (χ2v) is 0.359. The van der Waals surface area contributed by atoms with E-state index in [9.17, 15) is 0 Å². The fourth-order valence-electron chi connectivity index (χ4n) is 0. The zero-order valence-corrected chi connectivity index (χ0v) is 2.29. The van der Waals surface area contributed by atoms with Crippen molar-refractivity contribution in [2.24, 2.45) is 0 Å². The van der Waals surface area contributed by atoms with Gasteiger partial charge in [-0.25, -0.2) is 0 Å². The molecule has 0 atom stereocenters. The first kappa shape index (κ1) is 8.85. The third kappa shape index (κ3) is 13.5. The summed E-state index contributed by atoms with van der Waals surface area (Å²) in [5, 5.41) is 7.33. The first-order valence-electron chi connectivity index (χ1n) is 0.583. The summed E-state index contributed by atoms with van der Waals surface area (Å²) in [5.74, 6) is 0. The van der Waals surface area contributed by atoms with Gasteiger partial charge in [-0.15, -0.1) is 0 Å². The molecular formula is CH4ClLiO. The van der Waals surface area contributed by atoms with E-state index in [1.807, 2.05) is 0 Å². The van der Waals surface area contributed by atoms with E-state index in [-0.39, 0.29) is 24.9 Å². The van der Waals surface area contributed by atoms with E-state index in [4.69, 9.17) is 5.11 Å². The Hall–Kier alpha value is 0.847. The summed E-state index contributed by atoms with van der Waals surface area (Å²) in [6, 6.07) is -0.278. The topological polar surface area (TPSA) is 20.2 Å². The van der Waals surface area contributed by atoms with Crippen molar-refractivity contribution in [3.8, 4) is 0 Å². The Morgan fingerprint density at radius 3 is 1.75 bits per heavy atom. The molecule has 0 rings (SSSR count). The van der Waals surface area contributed by atoms with Gasteiger partial charge in [0.25, 0.3) is 0 Å². The second kappa shape index (κ2) is 9.14. The van der Waals surface area contributed by atoms with Crippen molar-refractivity contribution in [3.63, 3.8) is 0 Å². The van der Waals surface area contributed by atoms with Crippen LogP contribution in [0.5, 0.6) is 0 Å². The standard InChI is InChI=1S/CH3ClO.Li.H/c2-1-3;;/h3H,1H2;;. The molecule has 22 valence electrons. The van der Waals surface area contributed by atoms with Crippen LogP contribution in [0.3, 0.4) is 0 Å². The van der Waals surface area contributed by atoms with Crippen molar-refractivity contribution in [2.45, 2.75) is 0 Å². The average Bonchev–Trinajstić information content (AvgIpc) is 0.918. The number of rotatable bonds is 0. The molecule has 0 fully saturated rings. The number of halogens is 1. The Labute approximate surface area is 42.1 Å². The molecular weight excluding hydrogens is 70.4 g/mol. The third-order valence-corrected chi connectivity index (χ3v) is 0. The van der Waals surface area contributed by atoms with Crippen LogP contribution in [-0.2, 0) is 0 Å². The molecule has 0 aliphatic carbocycles. The fourth-order valence-corrected chi connectivity index (χ4v) is 0. The summed E-state index contributed by atoms with van der Waals surface area (Å²) in [7, 11) is 0. The molecule has 0 aliphatic heterocycles. The Morgan fingerprint density at radius 1 is 1.75 bits per heavy atom.